The number of ether oxygens (including phenoxy) is 1. The van der Waals surface area contributed by atoms with Crippen LogP contribution in [-0.2, 0) is 0 Å². The van der Waals surface area contributed by atoms with Gasteiger partial charge >= 0.3 is 0 Å². The molecular weight excluding hydrogens is 537 g/mol. The molecule has 2 aliphatic heterocycles. The van der Waals surface area contributed by atoms with Crippen LogP contribution in [0.2, 0.25) is 5.02 Å². The number of fused-ring (bicyclic) bond motifs is 2. The van der Waals surface area contributed by atoms with Gasteiger partial charge in [-0.2, -0.15) is 0 Å². The van der Waals surface area contributed by atoms with E-state index >= 15 is 4.39 Å². The molecule has 39 heavy (non-hydrogen) atoms. The van der Waals surface area contributed by atoms with Gasteiger partial charge in [0.1, 0.15) is 24.3 Å². The Labute approximate surface area is 235 Å². The summed E-state index contributed by atoms with van der Waals surface area (Å²) >= 11 is 7.59. The molecule has 10 heteroatoms. The second-order valence-corrected chi connectivity index (χ2v) is 11.4. The number of hydrogen-bond acceptors (Lipinski definition) is 8. The van der Waals surface area contributed by atoms with Crippen molar-refractivity contribution in [2.45, 2.75) is 36.8 Å². The number of anilines is 2. The molecule has 3 heterocycles. The van der Waals surface area contributed by atoms with Gasteiger partial charge in [0.25, 0.3) is 0 Å². The first-order valence-corrected chi connectivity index (χ1v) is 14.1. The van der Waals surface area contributed by atoms with Crippen LogP contribution in [0, 0.1) is 12.7 Å². The van der Waals surface area contributed by atoms with Gasteiger partial charge in [-0.05, 0) is 99.4 Å². The van der Waals surface area contributed by atoms with E-state index in [4.69, 9.17) is 21.3 Å². The van der Waals surface area contributed by atoms with E-state index in [-0.39, 0.29) is 12.4 Å². The summed E-state index contributed by atoms with van der Waals surface area (Å²) in [4.78, 5) is 12.3. The molecule has 0 radical (unpaired) electrons. The molecule has 4 aromatic rings. The summed E-state index contributed by atoms with van der Waals surface area (Å²) < 4.78 is 24.2. The summed E-state index contributed by atoms with van der Waals surface area (Å²) in [6.45, 7) is 4.21. The molecule has 2 aliphatic rings. The van der Waals surface area contributed by atoms with Crippen molar-refractivity contribution in [2.75, 3.05) is 36.8 Å². The predicted octanol–water partition coefficient (Wildman–Crippen LogP) is 6.45. The Hall–Kier alpha value is -3.11. The highest BCUT2D eigenvalue weighted by atomic mass is 35.5. The van der Waals surface area contributed by atoms with Crippen LogP contribution in [0.15, 0.2) is 53.6 Å². The number of halogens is 2. The zero-order chi connectivity index (χ0) is 27.1. The number of rotatable bonds is 6. The zero-order valence-corrected chi connectivity index (χ0v) is 23.2. The topological polar surface area (TPSA) is 82.5 Å². The third kappa shape index (κ3) is 5.36. The number of hydrogen-bond donors (Lipinski definition) is 3. The van der Waals surface area contributed by atoms with Gasteiger partial charge in [0.15, 0.2) is 0 Å². The summed E-state index contributed by atoms with van der Waals surface area (Å²) in [5, 5.41) is 15.0. The van der Waals surface area contributed by atoms with E-state index in [1.54, 1.807) is 24.4 Å². The molecule has 202 valence electrons. The van der Waals surface area contributed by atoms with Crippen LogP contribution in [0.25, 0.3) is 22.0 Å². The Morgan fingerprint density at radius 3 is 2.79 bits per heavy atom. The fourth-order valence-corrected chi connectivity index (χ4v) is 6.35. The van der Waals surface area contributed by atoms with Crippen LogP contribution in [0.1, 0.15) is 30.1 Å². The summed E-state index contributed by atoms with van der Waals surface area (Å²) in [6, 6.07) is 12.8. The van der Waals surface area contributed by atoms with E-state index in [1.807, 2.05) is 25.1 Å². The highest BCUT2D eigenvalue weighted by Gasteiger charge is 2.26. The lowest BCUT2D eigenvalue weighted by atomic mass is 9.97. The molecule has 0 amide bonds. The monoisotopic (exact) mass is 565 g/mol. The third-order valence-electron chi connectivity index (χ3n) is 7.40. The van der Waals surface area contributed by atoms with Gasteiger partial charge in [0, 0.05) is 39.5 Å². The SMILES string of the molecule is Cc1c(NSc2cc(Cl)cc3c2OC[C@H]3O)ccc(F)c1-c1ccc2nc(NC3CCN(C)CC3)ncc2c1. The van der Waals surface area contributed by atoms with Crippen molar-refractivity contribution in [3.8, 4) is 16.9 Å². The van der Waals surface area contributed by atoms with E-state index in [0.717, 1.165) is 58.5 Å². The molecule has 0 bridgehead atoms. The number of nitrogens with zero attached hydrogens (tertiary/aromatic N) is 3. The van der Waals surface area contributed by atoms with E-state index in [1.165, 1.54) is 18.0 Å². The lowest BCUT2D eigenvalue weighted by Crippen LogP contribution is -2.37. The molecular formula is C29H29ClFN5O2S. The van der Waals surface area contributed by atoms with Gasteiger partial charge in [-0.25, -0.2) is 14.4 Å². The molecule has 7 nitrogen and oxygen atoms in total. The van der Waals surface area contributed by atoms with Crippen LogP contribution in [-0.4, -0.2) is 52.8 Å². The second-order valence-electron chi connectivity index (χ2n) is 10.1. The number of aromatic nitrogens is 2. The van der Waals surface area contributed by atoms with Crippen molar-refractivity contribution in [3.05, 3.63) is 70.6 Å². The summed E-state index contributed by atoms with van der Waals surface area (Å²) in [5.41, 5.74) is 4.27. The van der Waals surface area contributed by atoms with Crippen LogP contribution >= 0.6 is 23.5 Å². The first kappa shape index (κ1) is 26.1. The smallest absolute Gasteiger partial charge is 0.223 e. The van der Waals surface area contributed by atoms with Gasteiger partial charge in [0.2, 0.25) is 5.95 Å². The van der Waals surface area contributed by atoms with Crippen molar-refractivity contribution >= 4 is 46.1 Å². The molecule has 0 unspecified atom stereocenters. The maximum atomic E-state index is 15.2. The first-order chi connectivity index (χ1) is 18.9. The minimum Gasteiger partial charge on any atom is -0.489 e. The third-order valence-corrected chi connectivity index (χ3v) is 8.46. The summed E-state index contributed by atoms with van der Waals surface area (Å²) in [5.74, 6) is 0.932. The molecule has 1 aromatic heterocycles. The van der Waals surface area contributed by atoms with E-state index in [2.05, 4.69) is 27.0 Å². The number of likely N-dealkylation sites (tertiary alicyclic amines) is 1. The molecule has 1 fully saturated rings. The number of aliphatic hydroxyl groups is 1. The summed E-state index contributed by atoms with van der Waals surface area (Å²) in [7, 11) is 2.14. The molecule has 3 aromatic carbocycles. The Kier molecular flexibility index (Phi) is 7.24. The fourth-order valence-electron chi connectivity index (χ4n) is 5.17. The Bertz CT molecular complexity index is 1550. The molecule has 1 saturated heterocycles. The van der Waals surface area contributed by atoms with Crippen molar-refractivity contribution < 1.29 is 14.2 Å². The molecule has 0 saturated carbocycles. The lowest BCUT2D eigenvalue weighted by Gasteiger charge is -2.29. The second kappa shape index (κ2) is 10.8. The zero-order valence-electron chi connectivity index (χ0n) is 21.7. The minimum absolute atomic E-state index is 0.199. The Balaban J connectivity index is 1.24. The van der Waals surface area contributed by atoms with E-state index in [0.29, 0.717) is 33.9 Å². The van der Waals surface area contributed by atoms with Gasteiger partial charge < -0.3 is 24.8 Å². The molecule has 0 spiro atoms. The van der Waals surface area contributed by atoms with Gasteiger partial charge in [-0.3, -0.25) is 0 Å². The average molecular weight is 566 g/mol. The number of piperidine rings is 1. The molecule has 3 N–H and O–H groups in total. The fraction of sp³-hybridized carbons (Fsp3) is 0.310. The normalized spacial score (nSPS) is 17.7. The quantitative estimate of drug-likeness (QED) is 0.230. The van der Waals surface area contributed by atoms with Crippen molar-refractivity contribution in [3.63, 3.8) is 0 Å². The van der Waals surface area contributed by atoms with Crippen molar-refractivity contribution in [2.24, 2.45) is 0 Å². The van der Waals surface area contributed by atoms with Crippen LogP contribution in [0.4, 0.5) is 16.0 Å². The minimum atomic E-state index is -0.699. The van der Waals surface area contributed by atoms with Gasteiger partial charge in [-0.1, -0.05) is 17.7 Å². The van der Waals surface area contributed by atoms with Crippen LogP contribution in [0.3, 0.4) is 0 Å². The Morgan fingerprint density at radius 1 is 1.15 bits per heavy atom. The number of benzene rings is 3. The lowest BCUT2D eigenvalue weighted by molar-refractivity contribution is 0.140. The van der Waals surface area contributed by atoms with E-state index in [9.17, 15) is 5.11 Å². The molecule has 6 rings (SSSR count). The maximum Gasteiger partial charge on any atom is 0.223 e. The van der Waals surface area contributed by atoms with Gasteiger partial charge in [0.05, 0.1) is 10.4 Å². The predicted molar refractivity (Wildman–Crippen MR) is 155 cm³/mol. The highest BCUT2D eigenvalue weighted by Crippen LogP contribution is 2.43. The maximum absolute atomic E-state index is 15.2. The Morgan fingerprint density at radius 2 is 1.97 bits per heavy atom. The number of nitrogens with one attached hydrogen (secondary N) is 2. The summed E-state index contributed by atoms with van der Waals surface area (Å²) in [6.07, 6.45) is 3.22. The first-order valence-electron chi connectivity index (χ1n) is 12.9. The largest absolute Gasteiger partial charge is 0.489 e. The van der Waals surface area contributed by atoms with Crippen molar-refractivity contribution in [1.29, 1.82) is 0 Å². The number of aliphatic hydroxyl groups excluding tert-OH is 1. The highest BCUT2D eigenvalue weighted by molar-refractivity contribution is 8.00. The molecule has 0 aliphatic carbocycles. The standard InChI is InChI=1S/C29H29ClFN5O2S/c1-16-23(35-39-26-13-19(30)12-21-25(37)15-38-28(21)26)6-4-22(31)27(16)17-3-5-24-18(11-17)14-32-29(34-24)33-20-7-9-36(2)10-8-20/h3-6,11-14,20,25,35,37H,7-10,15H2,1-2H3,(H,32,33,34)/t25-/m1/s1. The van der Waals surface area contributed by atoms with Gasteiger partial charge in [-0.15, -0.1) is 0 Å². The molecule has 1 atom stereocenters. The van der Waals surface area contributed by atoms with Crippen molar-refractivity contribution in [1.82, 2.24) is 14.9 Å². The van der Waals surface area contributed by atoms with Crippen LogP contribution in [0.5, 0.6) is 5.75 Å². The van der Waals surface area contributed by atoms with Crippen LogP contribution < -0.4 is 14.8 Å². The van der Waals surface area contributed by atoms with E-state index < -0.39 is 6.10 Å². The average Bonchev–Trinajstić information content (AvgIpc) is 3.29.